The van der Waals surface area contributed by atoms with Crippen molar-refractivity contribution in [3.63, 3.8) is 0 Å². The lowest BCUT2D eigenvalue weighted by Crippen LogP contribution is -2.38. The molecule has 1 amide bonds. The minimum atomic E-state index is 0.0947. The summed E-state index contributed by atoms with van der Waals surface area (Å²) in [6.45, 7) is 1.55. The minimum Gasteiger partial charge on any atom is -0.338 e. The molecule has 3 aromatic rings. The highest BCUT2D eigenvalue weighted by Gasteiger charge is 2.24. The van der Waals surface area contributed by atoms with E-state index in [1.165, 1.54) is 0 Å². The molecule has 0 aliphatic carbocycles. The summed E-state index contributed by atoms with van der Waals surface area (Å²) in [6, 6.07) is 8.02. The van der Waals surface area contributed by atoms with Crippen LogP contribution in [-0.4, -0.2) is 43.2 Å². The molecule has 0 saturated carbocycles. The maximum atomic E-state index is 12.7. The zero-order chi connectivity index (χ0) is 17.2. The maximum Gasteiger partial charge on any atom is 0.253 e. The van der Waals surface area contributed by atoms with Crippen LogP contribution in [0.5, 0.6) is 0 Å². The van der Waals surface area contributed by atoms with Crippen molar-refractivity contribution in [1.82, 2.24) is 24.2 Å². The largest absolute Gasteiger partial charge is 0.338 e. The second-order valence-electron chi connectivity index (χ2n) is 6.18. The standard InChI is InChI=1S/C18H18BrN5O/c19-15-11-21-24(12-15)17-3-1-14(2-4-17)18(25)22-8-5-16(6-9-22)23-10-7-20-13-23/h1-4,7,10-13,16H,5-6,8-9H2. The van der Waals surface area contributed by atoms with Crippen LogP contribution >= 0.6 is 15.9 Å². The number of halogens is 1. The molecule has 7 heteroatoms. The molecule has 6 nitrogen and oxygen atoms in total. The molecule has 128 valence electrons. The molecule has 2 aromatic heterocycles. The second kappa shape index (κ2) is 6.84. The van der Waals surface area contributed by atoms with Crippen molar-refractivity contribution in [3.8, 4) is 5.69 Å². The van der Waals surface area contributed by atoms with Crippen molar-refractivity contribution in [2.75, 3.05) is 13.1 Å². The van der Waals surface area contributed by atoms with E-state index in [2.05, 4.69) is 30.6 Å². The number of nitrogens with zero attached hydrogens (tertiary/aromatic N) is 5. The predicted octanol–water partition coefficient (Wildman–Crippen LogP) is 3.31. The van der Waals surface area contributed by atoms with Crippen LogP contribution in [0.25, 0.3) is 5.69 Å². The van der Waals surface area contributed by atoms with E-state index in [4.69, 9.17) is 0 Å². The highest BCUT2D eigenvalue weighted by molar-refractivity contribution is 9.10. The van der Waals surface area contributed by atoms with Gasteiger partial charge in [0, 0.05) is 43.3 Å². The first kappa shape index (κ1) is 16.1. The Balaban J connectivity index is 1.41. The number of imidazole rings is 1. The van der Waals surface area contributed by atoms with E-state index in [1.54, 1.807) is 17.1 Å². The Hall–Kier alpha value is -2.41. The fourth-order valence-electron chi connectivity index (χ4n) is 3.23. The Kier molecular flexibility index (Phi) is 4.40. The Bertz CT molecular complexity index is 848. The molecule has 1 aromatic carbocycles. The van der Waals surface area contributed by atoms with Crippen LogP contribution < -0.4 is 0 Å². The first-order chi connectivity index (χ1) is 12.2. The van der Waals surface area contributed by atoms with E-state index in [-0.39, 0.29) is 5.91 Å². The molecule has 0 bridgehead atoms. The first-order valence-corrected chi connectivity index (χ1v) is 9.07. The van der Waals surface area contributed by atoms with Gasteiger partial charge < -0.3 is 9.47 Å². The monoisotopic (exact) mass is 399 g/mol. The van der Waals surface area contributed by atoms with Gasteiger partial charge in [0.2, 0.25) is 0 Å². The maximum absolute atomic E-state index is 12.7. The van der Waals surface area contributed by atoms with E-state index >= 15 is 0 Å². The van der Waals surface area contributed by atoms with Crippen LogP contribution in [0.1, 0.15) is 29.2 Å². The Labute approximate surface area is 154 Å². The topological polar surface area (TPSA) is 56.0 Å². The van der Waals surface area contributed by atoms with Gasteiger partial charge in [0.15, 0.2) is 0 Å². The number of likely N-dealkylation sites (tertiary alicyclic amines) is 1. The molecule has 4 rings (SSSR count). The predicted molar refractivity (Wildman–Crippen MR) is 97.7 cm³/mol. The minimum absolute atomic E-state index is 0.0947. The van der Waals surface area contributed by atoms with Crippen molar-refractivity contribution in [3.05, 3.63) is 65.4 Å². The summed E-state index contributed by atoms with van der Waals surface area (Å²) in [6.07, 6.45) is 11.2. The van der Waals surface area contributed by atoms with Gasteiger partial charge in [0.25, 0.3) is 5.91 Å². The van der Waals surface area contributed by atoms with E-state index < -0.39 is 0 Å². The zero-order valence-corrected chi connectivity index (χ0v) is 15.2. The fourth-order valence-corrected chi connectivity index (χ4v) is 3.52. The van der Waals surface area contributed by atoms with Crippen molar-refractivity contribution < 1.29 is 4.79 Å². The van der Waals surface area contributed by atoms with E-state index in [9.17, 15) is 4.79 Å². The van der Waals surface area contributed by atoms with Gasteiger partial charge in [-0.15, -0.1) is 0 Å². The Morgan fingerprint density at radius 3 is 2.52 bits per heavy atom. The molecule has 3 heterocycles. The zero-order valence-electron chi connectivity index (χ0n) is 13.6. The van der Waals surface area contributed by atoms with E-state index in [0.717, 1.165) is 41.7 Å². The Morgan fingerprint density at radius 2 is 1.92 bits per heavy atom. The normalized spacial score (nSPS) is 15.5. The third kappa shape index (κ3) is 3.37. The summed E-state index contributed by atoms with van der Waals surface area (Å²) in [5.74, 6) is 0.0947. The number of hydrogen-bond donors (Lipinski definition) is 0. The summed E-state index contributed by atoms with van der Waals surface area (Å²) in [5, 5.41) is 4.25. The second-order valence-corrected chi connectivity index (χ2v) is 7.10. The van der Waals surface area contributed by atoms with E-state index in [0.29, 0.717) is 6.04 Å². The number of piperidine rings is 1. The van der Waals surface area contributed by atoms with Gasteiger partial charge >= 0.3 is 0 Å². The van der Waals surface area contributed by atoms with Crippen LogP contribution in [0.2, 0.25) is 0 Å². The summed E-state index contributed by atoms with van der Waals surface area (Å²) < 4.78 is 4.83. The van der Waals surface area contributed by atoms with Gasteiger partial charge in [-0.2, -0.15) is 5.10 Å². The SMILES string of the molecule is O=C(c1ccc(-n2cc(Br)cn2)cc1)N1CCC(n2ccnc2)CC1. The number of amides is 1. The summed E-state index contributed by atoms with van der Waals surface area (Å²) in [7, 11) is 0. The molecular weight excluding hydrogens is 382 g/mol. The van der Waals surface area contributed by atoms with Crippen molar-refractivity contribution in [1.29, 1.82) is 0 Å². The third-order valence-electron chi connectivity index (χ3n) is 4.63. The van der Waals surface area contributed by atoms with Gasteiger partial charge in [-0.3, -0.25) is 4.79 Å². The lowest BCUT2D eigenvalue weighted by molar-refractivity contribution is 0.0694. The molecule has 0 unspecified atom stereocenters. The van der Waals surface area contributed by atoms with Crippen LogP contribution in [-0.2, 0) is 0 Å². The fraction of sp³-hybridized carbons (Fsp3) is 0.278. The molecular formula is C18H18BrN5O. The molecule has 25 heavy (non-hydrogen) atoms. The van der Waals surface area contributed by atoms with Crippen LogP contribution in [0, 0.1) is 0 Å². The van der Waals surface area contributed by atoms with Gasteiger partial charge in [-0.25, -0.2) is 9.67 Å². The molecule has 1 saturated heterocycles. The van der Waals surface area contributed by atoms with Crippen molar-refractivity contribution in [2.45, 2.75) is 18.9 Å². The van der Waals surface area contributed by atoms with Crippen LogP contribution in [0.4, 0.5) is 0 Å². The van der Waals surface area contributed by atoms with Gasteiger partial charge in [-0.05, 0) is 53.0 Å². The molecule has 0 spiro atoms. The number of aromatic nitrogens is 4. The molecule has 0 radical (unpaired) electrons. The average molecular weight is 400 g/mol. The molecule has 1 aliphatic heterocycles. The quantitative estimate of drug-likeness (QED) is 0.678. The number of rotatable bonds is 3. The van der Waals surface area contributed by atoms with Gasteiger partial charge in [0.1, 0.15) is 0 Å². The number of benzene rings is 1. The lowest BCUT2D eigenvalue weighted by Gasteiger charge is -2.32. The smallest absolute Gasteiger partial charge is 0.253 e. The number of carbonyl (C=O) groups is 1. The number of hydrogen-bond acceptors (Lipinski definition) is 3. The van der Waals surface area contributed by atoms with E-state index in [1.807, 2.05) is 47.9 Å². The average Bonchev–Trinajstić information content (AvgIpc) is 3.33. The highest BCUT2D eigenvalue weighted by Crippen LogP contribution is 2.23. The van der Waals surface area contributed by atoms with Crippen LogP contribution in [0.3, 0.4) is 0 Å². The first-order valence-electron chi connectivity index (χ1n) is 8.28. The summed E-state index contributed by atoms with van der Waals surface area (Å²) in [4.78, 5) is 18.8. The van der Waals surface area contributed by atoms with Crippen LogP contribution in [0.15, 0.2) is 59.9 Å². The molecule has 0 N–H and O–H groups in total. The molecule has 0 atom stereocenters. The highest BCUT2D eigenvalue weighted by atomic mass is 79.9. The molecule has 1 aliphatic rings. The summed E-state index contributed by atoms with van der Waals surface area (Å²) >= 11 is 3.39. The third-order valence-corrected chi connectivity index (χ3v) is 5.04. The Morgan fingerprint density at radius 1 is 1.16 bits per heavy atom. The van der Waals surface area contributed by atoms with Crippen molar-refractivity contribution in [2.24, 2.45) is 0 Å². The van der Waals surface area contributed by atoms with Crippen molar-refractivity contribution >= 4 is 21.8 Å². The van der Waals surface area contributed by atoms with Gasteiger partial charge in [-0.1, -0.05) is 0 Å². The molecule has 1 fully saturated rings. The summed E-state index contributed by atoms with van der Waals surface area (Å²) in [5.41, 5.74) is 1.65. The number of carbonyl (C=O) groups excluding carboxylic acids is 1. The lowest BCUT2D eigenvalue weighted by atomic mass is 10.0. The van der Waals surface area contributed by atoms with Gasteiger partial charge in [0.05, 0.1) is 22.7 Å².